The summed E-state index contributed by atoms with van der Waals surface area (Å²) in [4.78, 5) is 36.7. The van der Waals surface area contributed by atoms with Gasteiger partial charge in [0.15, 0.2) is 0 Å². The zero-order chi connectivity index (χ0) is 24.7. The number of carbonyl (C=O) groups excluding carboxylic acids is 2. The lowest BCUT2D eigenvalue weighted by Gasteiger charge is -2.41. The van der Waals surface area contributed by atoms with Crippen LogP contribution in [0.4, 0.5) is 0 Å². The van der Waals surface area contributed by atoms with Crippen LogP contribution in [0, 0.1) is 11.3 Å². The van der Waals surface area contributed by atoms with Crippen LogP contribution in [0.1, 0.15) is 75.0 Å². The van der Waals surface area contributed by atoms with E-state index in [0.717, 1.165) is 44.3 Å². The van der Waals surface area contributed by atoms with E-state index in [9.17, 15) is 9.59 Å². The predicted octanol–water partition coefficient (Wildman–Crippen LogP) is 4.43. The van der Waals surface area contributed by atoms with Gasteiger partial charge in [-0.15, -0.1) is 0 Å². The first-order valence-corrected chi connectivity index (χ1v) is 13.0. The van der Waals surface area contributed by atoms with E-state index in [2.05, 4.69) is 41.3 Å². The van der Waals surface area contributed by atoms with Crippen LogP contribution in [0.5, 0.6) is 5.75 Å². The van der Waals surface area contributed by atoms with Gasteiger partial charge in [0.2, 0.25) is 11.7 Å². The Kier molecular flexibility index (Phi) is 8.37. The maximum atomic E-state index is 13.8. The summed E-state index contributed by atoms with van der Waals surface area (Å²) in [6.45, 7) is 5.90. The minimum Gasteiger partial charge on any atom is -0.491 e. The van der Waals surface area contributed by atoms with Crippen molar-refractivity contribution in [3.63, 3.8) is 0 Å². The largest absolute Gasteiger partial charge is 0.491 e. The zero-order valence-corrected chi connectivity index (χ0v) is 21.0. The van der Waals surface area contributed by atoms with Crippen LogP contribution in [0.3, 0.4) is 0 Å². The van der Waals surface area contributed by atoms with Crippen LogP contribution in [-0.2, 0) is 11.2 Å². The lowest BCUT2D eigenvalue weighted by Crippen LogP contribution is -2.53. The summed E-state index contributed by atoms with van der Waals surface area (Å²) >= 11 is 0. The van der Waals surface area contributed by atoms with Crippen LogP contribution in [0.2, 0.25) is 0 Å². The SMILES string of the molecule is CC(C)C[C@H]1COc2ccccc2CCCCCC2(CCN(C(=O)c3ncccn3)CC2)C(=O)N1. The molecule has 1 saturated heterocycles. The standard InChI is InChI=1S/C28H38N4O3/c1-21(2)19-23-20-35-24-11-6-5-10-22(24)9-4-3-7-12-28(27(34)31-23)13-17-32(18-14-28)26(33)25-29-15-8-16-30-25/h5-6,8,10-11,15-16,21,23H,3-4,7,9,12-14,17-20H2,1-2H3,(H,31,34)/t23-/m0/s1. The van der Waals surface area contributed by atoms with Gasteiger partial charge in [-0.1, -0.05) is 44.9 Å². The van der Waals surface area contributed by atoms with Crippen LogP contribution in [0.25, 0.3) is 0 Å². The highest BCUT2D eigenvalue weighted by Gasteiger charge is 2.42. The fourth-order valence-electron chi connectivity index (χ4n) is 5.35. The number of para-hydroxylation sites is 1. The normalized spacial score (nSPS) is 21.2. The van der Waals surface area contributed by atoms with E-state index in [1.54, 1.807) is 23.4 Å². The number of amides is 2. The van der Waals surface area contributed by atoms with Crippen LogP contribution in [-0.4, -0.2) is 52.4 Å². The molecule has 1 atom stereocenters. The van der Waals surface area contributed by atoms with E-state index >= 15 is 0 Å². The molecule has 2 aromatic rings. The molecule has 2 aliphatic heterocycles. The molecule has 1 fully saturated rings. The van der Waals surface area contributed by atoms with Crippen molar-refractivity contribution in [1.82, 2.24) is 20.2 Å². The molecule has 7 nitrogen and oxygen atoms in total. The van der Waals surface area contributed by atoms with Crippen LogP contribution in [0.15, 0.2) is 42.7 Å². The quantitative estimate of drug-likeness (QED) is 0.706. The number of aromatic nitrogens is 2. The summed E-state index contributed by atoms with van der Waals surface area (Å²) in [5.74, 6) is 1.55. The van der Waals surface area contributed by atoms with Gasteiger partial charge in [-0.25, -0.2) is 9.97 Å². The molecule has 7 heteroatoms. The van der Waals surface area contributed by atoms with Crippen LogP contribution >= 0.6 is 0 Å². The second-order valence-corrected chi connectivity index (χ2v) is 10.4. The number of nitrogens with zero attached hydrogens (tertiary/aromatic N) is 3. The first-order valence-electron chi connectivity index (χ1n) is 13.0. The summed E-state index contributed by atoms with van der Waals surface area (Å²) in [6.07, 6.45) is 10.3. The highest BCUT2D eigenvalue weighted by molar-refractivity contribution is 5.91. The predicted molar refractivity (Wildman–Crippen MR) is 135 cm³/mol. The number of rotatable bonds is 3. The van der Waals surface area contributed by atoms with Gasteiger partial charge >= 0.3 is 0 Å². The minimum atomic E-state index is -0.454. The third-order valence-corrected chi connectivity index (χ3v) is 7.35. The number of likely N-dealkylation sites (tertiary alicyclic amines) is 1. The molecule has 0 unspecified atom stereocenters. The average molecular weight is 479 g/mol. The lowest BCUT2D eigenvalue weighted by molar-refractivity contribution is -0.135. The fourth-order valence-corrected chi connectivity index (χ4v) is 5.35. The Bertz CT molecular complexity index is 987. The van der Waals surface area contributed by atoms with Crippen molar-refractivity contribution in [3.8, 4) is 5.75 Å². The Labute approximate surface area is 208 Å². The molecule has 4 rings (SSSR count). The molecule has 0 aliphatic carbocycles. The van der Waals surface area contributed by atoms with Gasteiger partial charge in [-0.3, -0.25) is 9.59 Å². The molecule has 0 saturated carbocycles. The topological polar surface area (TPSA) is 84.4 Å². The second kappa shape index (κ2) is 11.6. The van der Waals surface area contributed by atoms with Gasteiger partial charge in [-0.2, -0.15) is 0 Å². The molecule has 1 aromatic heterocycles. The Morgan fingerprint density at radius 1 is 1.09 bits per heavy atom. The summed E-state index contributed by atoms with van der Waals surface area (Å²) in [5.41, 5.74) is 0.788. The van der Waals surface area contributed by atoms with E-state index in [1.807, 2.05) is 12.1 Å². The summed E-state index contributed by atoms with van der Waals surface area (Å²) < 4.78 is 6.25. The fraction of sp³-hybridized carbons (Fsp3) is 0.571. The van der Waals surface area contributed by atoms with Crippen LogP contribution < -0.4 is 10.1 Å². The second-order valence-electron chi connectivity index (χ2n) is 10.4. The number of aryl methyl sites for hydroxylation is 1. The number of hydrogen-bond acceptors (Lipinski definition) is 5. The maximum absolute atomic E-state index is 13.8. The van der Waals surface area contributed by atoms with E-state index in [-0.39, 0.29) is 23.7 Å². The van der Waals surface area contributed by atoms with Crippen molar-refractivity contribution in [2.75, 3.05) is 19.7 Å². The lowest BCUT2D eigenvalue weighted by atomic mass is 9.73. The number of carbonyl (C=O) groups is 2. The first-order chi connectivity index (χ1) is 17.0. The molecule has 0 bridgehead atoms. The summed E-state index contributed by atoms with van der Waals surface area (Å²) in [6, 6.07) is 9.92. The monoisotopic (exact) mass is 478 g/mol. The molecular formula is C28H38N4O3. The molecule has 1 spiro atoms. The Morgan fingerprint density at radius 3 is 2.57 bits per heavy atom. The highest BCUT2D eigenvalue weighted by Crippen LogP contribution is 2.38. The third-order valence-electron chi connectivity index (χ3n) is 7.35. The number of fused-ring (bicyclic) bond motifs is 1. The minimum absolute atomic E-state index is 0.0504. The Morgan fingerprint density at radius 2 is 1.83 bits per heavy atom. The first kappa shape index (κ1) is 25.1. The molecule has 35 heavy (non-hydrogen) atoms. The van der Waals surface area contributed by atoms with Crippen molar-refractivity contribution in [2.24, 2.45) is 11.3 Å². The third kappa shape index (κ3) is 6.38. The van der Waals surface area contributed by atoms with Gasteiger partial charge in [0.05, 0.1) is 11.5 Å². The zero-order valence-electron chi connectivity index (χ0n) is 21.0. The van der Waals surface area contributed by atoms with E-state index in [0.29, 0.717) is 38.5 Å². The number of piperidine rings is 1. The van der Waals surface area contributed by atoms with Crippen molar-refractivity contribution in [1.29, 1.82) is 0 Å². The van der Waals surface area contributed by atoms with Gasteiger partial charge in [-0.05, 0) is 62.1 Å². The molecule has 2 aliphatic rings. The molecule has 2 amide bonds. The van der Waals surface area contributed by atoms with Gasteiger partial charge in [0.1, 0.15) is 12.4 Å². The number of benzene rings is 1. The average Bonchev–Trinajstić information content (AvgIpc) is 2.88. The van der Waals surface area contributed by atoms with Gasteiger partial charge < -0.3 is 15.0 Å². The smallest absolute Gasteiger partial charge is 0.291 e. The summed E-state index contributed by atoms with van der Waals surface area (Å²) in [5, 5.41) is 3.36. The molecular weight excluding hydrogens is 440 g/mol. The van der Waals surface area contributed by atoms with Crippen molar-refractivity contribution in [2.45, 2.75) is 71.3 Å². The Balaban J connectivity index is 1.49. The van der Waals surface area contributed by atoms with E-state index in [1.165, 1.54) is 5.56 Å². The van der Waals surface area contributed by atoms with Crippen molar-refractivity contribution in [3.05, 3.63) is 54.1 Å². The van der Waals surface area contributed by atoms with Crippen molar-refractivity contribution < 1.29 is 14.3 Å². The molecule has 188 valence electrons. The number of ether oxygens (including phenoxy) is 1. The van der Waals surface area contributed by atoms with Gasteiger partial charge in [0.25, 0.3) is 5.91 Å². The van der Waals surface area contributed by atoms with Crippen molar-refractivity contribution >= 4 is 11.8 Å². The molecule has 0 radical (unpaired) electrons. The maximum Gasteiger partial charge on any atom is 0.291 e. The molecule has 1 N–H and O–H groups in total. The molecule has 1 aromatic carbocycles. The van der Waals surface area contributed by atoms with E-state index < -0.39 is 5.41 Å². The number of nitrogens with one attached hydrogen (secondary N) is 1. The van der Waals surface area contributed by atoms with Gasteiger partial charge in [0, 0.05) is 25.5 Å². The van der Waals surface area contributed by atoms with E-state index in [4.69, 9.17) is 4.74 Å². The Hall–Kier alpha value is -2.96. The number of hydrogen-bond donors (Lipinski definition) is 1. The highest BCUT2D eigenvalue weighted by atomic mass is 16.5. The summed E-state index contributed by atoms with van der Waals surface area (Å²) in [7, 11) is 0. The molecule has 3 heterocycles.